The molecular weight excluding hydrogens is 300 g/mol. The van der Waals surface area contributed by atoms with Gasteiger partial charge in [0.2, 0.25) is 5.88 Å². The summed E-state index contributed by atoms with van der Waals surface area (Å²) in [5.74, 6) is 0.981. The van der Waals surface area contributed by atoms with Crippen molar-refractivity contribution in [1.82, 2.24) is 9.88 Å². The summed E-state index contributed by atoms with van der Waals surface area (Å²) in [7, 11) is -1.67. The number of nitrogens with zero attached hydrogens (tertiary/aromatic N) is 1. The Kier molecular flexibility index (Phi) is 3.03. The highest BCUT2D eigenvalue weighted by molar-refractivity contribution is 7.86. The SMILES string of the molecule is Cn1c(OS(C)(=O)=O)c2c3c(cccc31)C1CCCNC1C2. The third-order valence-electron chi connectivity index (χ3n) is 4.94. The number of hydrogen-bond donors (Lipinski definition) is 1. The highest BCUT2D eigenvalue weighted by Crippen LogP contribution is 2.45. The summed E-state index contributed by atoms with van der Waals surface area (Å²) in [6.45, 7) is 1.03. The molecule has 6 heteroatoms. The van der Waals surface area contributed by atoms with Crippen molar-refractivity contribution in [2.75, 3.05) is 12.8 Å². The summed E-state index contributed by atoms with van der Waals surface area (Å²) >= 11 is 0. The molecular formula is C16H20N2O3S. The second-order valence-electron chi connectivity index (χ2n) is 6.39. The zero-order valence-corrected chi connectivity index (χ0v) is 13.6. The normalized spacial score (nSPS) is 24.3. The minimum atomic E-state index is -3.54. The van der Waals surface area contributed by atoms with E-state index in [1.54, 1.807) is 0 Å². The fourth-order valence-corrected chi connectivity index (χ4v) is 4.59. The molecule has 1 aromatic heterocycles. The molecule has 1 aliphatic heterocycles. The highest BCUT2D eigenvalue weighted by atomic mass is 32.2. The van der Waals surface area contributed by atoms with Gasteiger partial charge in [0.25, 0.3) is 0 Å². The van der Waals surface area contributed by atoms with E-state index in [1.807, 2.05) is 17.7 Å². The van der Waals surface area contributed by atoms with Crippen LogP contribution in [0.15, 0.2) is 18.2 Å². The van der Waals surface area contributed by atoms with Crippen LogP contribution < -0.4 is 9.50 Å². The molecule has 0 spiro atoms. The first-order chi connectivity index (χ1) is 10.5. The van der Waals surface area contributed by atoms with E-state index < -0.39 is 10.1 Å². The van der Waals surface area contributed by atoms with Crippen LogP contribution in [-0.2, 0) is 23.6 Å². The Morgan fingerprint density at radius 3 is 2.95 bits per heavy atom. The van der Waals surface area contributed by atoms with Crippen molar-refractivity contribution >= 4 is 21.0 Å². The van der Waals surface area contributed by atoms with Gasteiger partial charge in [0, 0.05) is 30.0 Å². The number of aryl methyl sites for hydroxylation is 1. The molecule has 0 bridgehead atoms. The third kappa shape index (κ3) is 2.05. The zero-order chi connectivity index (χ0) is 15.5. The Bertz CT molecular complexity index is 854. The van der Waals surface area contributed by atoms with Gasteiger partial charge < -0.3 is 14.1 Å². The molecule has 1 aromatic carbocycles. The Morgan fingerprint density at radius 1 is 1.36 bits per heavy atom. The molecule has 0 saturated carbocycles. The molecule has 2 aromatic rings. The van der Waals surface area contributed by atoms with E-state index in [2.05, 4.69) is 17.4 Å². The van der Waals surface area contributed by atoms with E-state index in [9.17, 15) is 8.42 Å². The predicted molar refractivity (Wildman–Crippen MR) is 85.9 cm³/mol. The van der Waals surface area contributed by atoms with Crippen molar-refractivity contribution < 1.29 is 12.6 Å². The topological polar surface area (TPSA) is 60.3 Å². The smallest absolute Gasteiger partial charge is 0.307 e. The fraction of sp³-hybridized carbons (Fsp3) is 0.500. The predicted octanol–water partition coefficient (Wildman–Crippen LogP) is 1.91. The van der Waals surface area contributed by atoms with Gasteiger partial charge in [0.15, 0.2) is 0 Å². The molecule has 0 radical (unpaired) electrons. The molecule has 1 N–H and O–H groups in total. The van der Waals surface area contributed by atoms with Crippen LogP contribution in [0, 0.1) is 0 Å². The van der Waals surface area contributed by atoms with Crippen molar-refractivity contribution in [3.8, 4) is 5.88 Å². The van der Waals surface area contributed by atoms with E-state index in [-0.39, 0.29) is 0 Å². The lowest BCUT2D eigenvalue weighted by atomic mass is 9.76. The number of hydrogen-bond acceptors (Lipinski definition) is 4. The van der Waals surface area contributed by atoms with Gasteiger partial charge in [-0.3, -0.25) is 0 Å². The first kappa shape index (κ1) is 14.1. The maximum absolute atomic E-state index is 11.6. The molecule has 1 fully saturated rings. The van der Waals surface area contributed by atoms with Crippen LogP contribution >= 0.6 is 0 Å². The average molecular weight is 320 g/mol. The molecule has 2 atom stereocenters. The van der Waals surface area contributed by atoms with E-state index in [4.69, 9.17) is 4.18 Å². The maximum Gasteiger partial charge on any atom is 0.307 e. The second kappa shape index (κ2) is 4.73. The van der Waals surface area contributed by atoms with Crippen LogP contribution in [0.25, 0.3) is 10.9 Å². The molecule has 0 amide bonds. The van der Waals surface area contributed by atoms with Crippen molar-refractivity contribution in [3.05, 3.63) is 29.3 Å². The third-order valence-corrected chi connectivity index (χ3v) is 5.40. The molecule has 118 valence electrons. The quantitative estimate of drug-likeness (QED) is 0.859. The van der Waals surface area contributed by atoms with E-state index in [1.165, 1.54) is 23.8 Å². The molecule has 1 aliphatic carbocycles. The second-order valence-corrected chi connectivity index (χ2v) is 7.96. The maximum atomic E-state index is 11.6. The van der Waals surface area contributed by atoms with E-state index >= 15 is 0 Å². The number of fused-ring (bicyclic) bond motifs is 2. The van der Waals surface area contributed by atoms with Crippen molar-refractivity contribution in [3.63, 3.8) is 0 Å². The summed E-state index contributed by atoms with van der Waals surface area (Å²) in [5, 5.41) is 4.78. The van der Waals surface area contributed by atoms with Crippen molar-refractivity contribution in [2.45, 2.75) is 31.2 Å². The lowest BCUT2D eigenvalue weighted by molar-refractivity contribution is 0.342. The van der Waals surface area contributed by atoms with Gasteiger partial charge in [-0.15, -0.1) is 0 Å². The Morgan fingerprint density at radius 2 is 2.18 bits per heavy atom. The van der Waals surface area contributed by atoms with Gasteiger partial charge in [-0.2, -0.15) is 8.42 Å². The minimum absolute atomic E-state index is 0.371. The molecule has 1 saturated heterocycles. The Labute approximate surface area is 130 Å². The van der Waals surface area contributed by atoms with Gasteiger partial charge in [-0.25, -0.2) is 0 Å². The molecule has 2 aliphatic rings. The first-order valence-corrected chi connectivity index (χ1v) is 9.50. The standard InChI is InChI=1S/C16H20N2O3S/c1-18-14-7-3-5-11-10-6-4-8-17-13(10)9-12(15(11)14)16(18)21-22(2,19)20/h3,5,7,10,13,17H,4,6,8-9H2,1-2H3. The molecule has 4 rings (SSSR count). The number of piperidine rings is 1. The van der Waals surface area contributed by atoms with Gasteiger partial charge in [0.05, 0.1) is 11.8 Å². The van der Waals surface area contributed by atoms with Crippen molar-refractivity contribution in [2.24, 2.45) is 7.05 Å². The van der Waals surface area contributed by atoms with Crippen LogP contribution in [-0.4, -0.2) is 31.8 Å². The summed E-state index contributed by atoms with van der Waals surface area (Å²) in [6.07, 6.45) is 4.30. The van der Waals surface area contributed by atoms with Crippen LogP contribution in [0.1, 0.15) is 29.9 Å². The molecule has 22 heavy (non-hydrogen) atoms. The van der Waals surface area contributed by atoms with Gasteiger partial charge in [-0.05, 0) is 37.4 Å². The number of aromatic nitrogens is 1. The minimum Gasteiger partial charge on any atom is -0.363 e. The van der Waals surface area contributed by atoms with Gasteiger partial charge in [0.1, 0.15) is 0 Å². The molecule has 2 unspecified atom stereocenters. The zero-order valence-electron chi connectivity index (χ0n) is 12.8. The average Bonchev–Trinajstić information content (AvgIpc) is 2.73. The number of rotatable bonds is 2. The Hall–Kier alpha value is -1.53. The van der Waals surface area contributed by atoms with Crippen LogP contribution in [0.3, 0.4) is 0 Å². The fourth-order valence-electron chi connectivity index (χ4n) is 4.09. The molecule has 2 heterocycles. The highest BCUT2D eigenvalue weighted by Gasteiger charge is 2.36. The number of nitrogens with one attached hydrogen (secondary N) is 1. The number of benzene rings is 1. The monoisotopic (exact) mass is 320 g/mol. The van der Waals surface area contributed by atoms with Crippen LogP contribution in [0.5, 0.6) is 5.88 Å². The van der Waals surface area contributed by atoms with Crippen LogP contribution in [0.4, 0.5) is 0 Å². The van der Waals surface area contributed by atoms with Gasteiger partial charge in [-0.1, -0.05) is 12.1 Å². The summed E-state index contributed by atoms with van der Waals surface area (Å²) in [6, 6.07) is 6.65. The lowest BCUT2D eigenvalue weighted by Crippen LogP contribution is -2.43. The largest absolute Gasteiger partial charge is 0.363 e. The summed E-state index contributed by atoms with van der Waals surface area (Å²) < 4.78 is 30.4. The van der Waals surface area contributed by atoms with E-state index in [0.29, 0.717) is 17.8 Å². The molecule has 5 nitrogen and oxygen atoms in total. The van der Waals surface area contributed by atoms with Crippen molar-refractivity contribution in [1.29, 1.82) is 0 Å². The first-order valence-electron chi connectivity index (χ1n) is 7.69. The van der Waals surface area contributed by atoms with E-state index in [0.717, 1.165) is 30.3 Å². The van der Waals surface area contributed by atoms with Gasteiger partial charge >= 0.3 is 10.1 Å². The summed E-state index contributed by atoms with van der Waals surface area (Å²) in [5.41, 5.74) is 3.40. The Balaban J connectivity index is 1.98. The van der Waals surface area contributed by atoms with Crippen LogP contribution in [0.2, 0.25) is 0 Å². The lowest BCUT2D eigenvalue weighted by Gasteiger charge is -2.36. The summed E-state index contributed by atoms with van der Waals surface area (Å²) in [4.78, 5) is 0.